The summed E-state index contributed by atoms with van der Waals surface area (Å²) in [6, 6.07) is 27.8. The number of fused-ring (bicyclic) bond motifs is 4. The van der Waals surface area contributed by atoms with E-state index in [4.69, 9.17) is 19.4 Å². The second-order valence-corrected chi connectivity index (χ2v) is 14.4. The largest absolute Gasteiger partial charge is 0.456 e. The minimum Gasteiger partial charge on any atom is -0.456 e. The first kappa shape index (κ1) is 33.2. The van der Waals surface area contributed by atoms with Crippen LogP contribution in [0.1, 0.15) is 0 Å². The molecule has 0 saturated carbocycles. The monoisotopic (exact) mass is 645 g/mol. The van der Waals surface area contributed by atoms with Gasteiger partial charge in [-0.1, -0.05) is 82.5 Å². The van der Waals surface area contributed by atoms with Crippen molar-refractivity contribution < 1.29 is 4.42 Å². The van der Waals surface area contributed by atoms with Gasteiger partial charge < -0.3 is 4.42 Å². The predicted molar refractivity (Wildman–Crippen MR) is 248 cm³/mol. The van der Waals surface area contributed by atoms with E-state index < -0.39 is 0 Å². The molecule has 0 aliphatic rings. The molecule has 0 aliphatic carbocycles. The Bertz CT molecular complexity index is 2620. The average molecular weight is 644 g/mol. The molecular formula is C37H33B10N3O. The Balaban J connectivity index is 1.32. The normalized spacial score (nSPS) is 11.5. The highest BCUT2D eigenvalue weighted by atomic mass is 16.3. The van der Waals surface area contributed by atoms with E-state index in [1.54, 1.807) is 0 Å². The molecule has 51 heavy (non-hydrogen) atoms. The van der Waals surface area contributed by atoms with E-state index in [2.05, 4.69) is 157 Å². The summed E-state index contributed by atoms with van der Waals surface area (Å²) < 4.78 is 6.39. The molecule has 0 unspecified atom stereocenters. The molecule has 0 atom stereocenters. The molecule has 0 radical (unpaired) electrons. The number of hydrogen-bond donors (Lipinski definition) is 0. The molecule has 0 aliphatic heterocycles. The maximum absolute atomic E-state index is 6.39. The van der Waals surface area contributed by atoms with Crippen molar-refractivity contribution in [2.45, 2.75) is 0 Å². The Morgan fingerprint density at radius 1 is 0.392 bits per heavy atom. The molecule has 0 amide bonds. The number of nitrogens with zero attached hydrogens (tertiary/aromatic N) is 3. The topological polar surface area (TPSA) is 51.8 Å². The third-order valence-corrected chi connectivity index (χ3v) is 11.9. The summed E-state index contributed by atoms with van der Waals surface area (Å²) in [5, 5.41) is 4.63. The third kappa shape index (κ3) is 5.25. The maximum atomic E-state index is 6.39. The Labute approximate surface area is 308 Å². The van der Waals surface area contributed by atoms with E-state index in [0.717, 1.165) is 61.4 Å². The minimum atomic E-state index is 0.671. The Morgan fingerprint density at radius 2 is 0.843 bits per heavy atom. The van der Waals surface area contributed by atoms with Gasteiger partial charge in [-0.05, 0) is 40.1 Å². The van der Waals surface area contributed by atoms with Gasteiger partial charge in [-0.15, -0.1) is 32.8 Å². The Kier molecular flexibility index (Phi) is 8.05. The second kappa shape index (κ2) is 12.4. The number of aromatic nitrogens is 3. The van der Waals surface area contributed by atoms with Gasteiger partial charge in [-0.25, -0.2) is 15.0 Å². The number of furan rings is 1. The smallest absolute Gasteiger partial charge is 0.164 e. The molecule has 4 nitrogen and oxygen atoms in total. The lowest BCUT2D eigenvalue weighted by molar-refractivity contribution is 0.669. The average Bonchev–Trinajstić information content (AvgIpc) is 3.51. The molecule has 8 aromatic rings. The van der Waals surface area contributed by atoms with Crippen LogP contribution in [-0.4, -0.2) is 93.4 Å². The first-order valence-corrected chi connectivity index (χ1v) is 17.8. The van der Waals surface area contributed by atoms with Crippen molar-refractivity contribution in [2.24, 2.45) is 0 Å². The first-order valence-electron chi connectivity index (χ1n) is 17.8. The van der Waals surface area contributed by atoms with E-state index >= 15 is 0 Å². The maximum Gasteiger partial charge on any atom is 0.164 e. The summed E-state index contributed by atoms with van der Waals surface area (Å²) in [4.78, 5) is 15.7. The van der Waals surface area contributed by atoms with Gasteiger partial charge >= 0.3 is 0 Å². The molecule has 0 N–H and O–H groups in total. The summed E-state index contributed by atoms with van der Waals surface area (Å²) in [7, 11) is 22.0. The van der Waals surface area contributed by atoms with Crippen molar-refractivity contribution >= 4 is 166 Å². The van der Waals surface area contributed by atoms with Crippen LogP contribution in [0, 0.1) is 0 Å². The lowest BCUT2D eigenvalue weighted by atomic mass is 9.60. The summed E-state index contributed by atoms with van der Waals surface area (Å²) in [6.45, 7) is 0. The summed E-state index contributed by atoms with van der Waals surface area (Å²) >= 11 is 0. The highest BCUT2D eigenvalue weighted by Crippen LogP contribution is 2.38. The van der Waals surface area contributed by atoms with Crippen LogP contribution in [0.5, 0.6) is 0 Å². The third-order valence-electron chi connectivity index (χ3n) is 11.9. The van der Waals surface area contributed by atoms with Crippen LogP contribution in [-0.2, 0) is 0 Å². The van der Waals surface area contributed by atoms with Gasteiger partial charge in [0, 0.05) is 27.5 Å². The van der Waals surface area contributed by atoms with Gasteiger partial charge in [0.1, 0.15) is 89.6 Å². The van der Waals surface area contributed by atoms with Crippen molar-refractivity contribution in [1.82, 2.24) is 15.0 Å². The first-order chi connectivity index (χ1) is 24.4. The lowest BCUT2D eigenvalue weighted by Crippen LogP contribution is -2.55. The van der Waals surface area contributed by atoms with Crippen molar-refractivity contribution in [1.29, 1.82) is 0 Å². The van der Waals surface area contributed by atoms with Crippen molar-refractivity contribution in [3.05, 3.63) is 78.9 Å². The molecule has 232 valence electrons. The van der Waals surface area contributed by atoms with E-state index in [-0.39, 0.29) is 0 Å². The van der Waals surface area contributed by atoms with Gasteiger partial charge in [0.15, 0.2) is 17.5 Å². The number of benzene rings is 6. The zero-order chi connectivity index (χ0) is 35.9. The predicted octanol–water partition coefficient (Wildman–Crippen LogP) is -7.82. The molecular weight excluding hydrogens is 611 g/mol. The lowest BCUT2D eigenvalue weighted by Gasteiger charge is -2.22. The molecule has 8 rings (SSSR count). The van der Waals surface area contributed by atoms with Crippen LogP contribution in [0.2, 0.25) is 0 Å². The fourth-order valence-corrected chi connectivity index (χ4v) is 7.95. The second-order valence-electron chi connectivity index (χ2n) is 14.4. The quantitative estimate of drug-likeness (QED) is 0.179. The molecule has 0 fully saturated rings. The summed E-state index contributed by atoms with van der Waals surface area (Å²) in [5.74, 6) is 2.11. The molecule has 2 heterocycles. The van der Waals surface area contributed by atoms with Crippen LogP contribution >= 0.6 is 0 Å². The zero-order valence-electron chi connectivity index (χ0n) is 31.3. The fraction of sp³-hybridized carbons (Fsp3) is 0. The summed E-state index contributed by atoms with van der Waals surface area (Å²) in [5.41, 5.74) is 19.8. The van der Waals surface area contributed by atoms with E-state index in [0.29, 0.717) is 5.82 Å². The van der Waals surface area contributed by atoms with Crippen LogP contribution in [0.25, 0.3) is 78.0 Å². The SMILES string of the molecule is Bc1c(B)c(B)c(-c2nc(-c3ccc(-c4cccc5oc6cc7ccccc7cc6c45)cc3)nc(-c3c(B)c(B)c(B)c(B)c3B)n2)c(B)c1B. The molecule has 6 aromatic carbocycles. The minimum absolute atomic E-state index is 0.671. The standard InChI is InChI=1S/C37H33B10N3O/c38-25-23(26(39)30(43)33(46)29(25)42)36-48-35(49-37(50-36)24-27(40)31(44)34(47)32(45)28(24)41)15-10-8-14(9-11-15)18-6-3-7-20-22(18)19-12-16-4-1-2-5-17(16)13-21(19)51-20/h1-13H,38-47H2. The fourth-order valence-electron chi connectivity index (χ4n) is 7.95. The number of rotatable bonds is 4. The van der Waals surface area contributed by atoms with E-state index in [1.807, 2.05) is 0 Å². The van der Waals surface area contributed by atoms with Gasteiger partial charge in [0.2, 0.25) is 0 Å². The zero-order valence-corrected chi connectivity index (χ0v) is 31.3. The van der Waals surface area contributed by atoms with E-state index in [1.165, 1.54) is 65.4 Å². The van der Waals surface area contributed by atoms with Crippen molar-refractivity contribution in [3.63, 3.8) is 0 Å². The highest BCUT2D eigenvalue weighted by Gasteiger charge is 2.22. The molecule has 0 bridgehead atoms. The van der Waals surface area contributed by atoms with Crippen LogP contribution in [0.15, 0.2) is 83.3 Å². The van der Waals surface area contributed by atoms with Gasteiger partial charge in [-0.3, -0.25) is 0 Å². The van der Waals surface area contributed by atoms with Gasteiger partial charge in [-0.2, -0.15) is 0 Å². The Hall–Kier alpha value is -4.96. The highest BCUT2D eigenvalue weighted by molar-refractivity contribution is 6.69. The van der Waals surface area contributed by atoms with Crippen LogP contribution < -0.4 is 54.6 Å². The Morgan fingerprint density at radius 3 is 1.37 bits per heavy atom. The number of hydrogen-bond acceptors (Lipinski definition) is 4. The van der Waals surface area contributed by atoms with Crippen molar-refractivity contribution in [3.8, 4) is 45.3 Å². The molecule has 14 heteroatoms. The molecule has 2 aromatic heterocycles. The van der Waals surface area contributed by atoms with E-state index in [9.17, 15) is 0 Å². The van der Waals surface area contributed by atoms with Gasteiger partial charge in [0.05, 0.1) is 0 Å². The molecule has 0 saturated heterocycles. The van der Waals surface area contributed by atoms with Crippen LogP contribution in [0.4, 0.5) is 0 Å². The van der Waals surface area contributed by atoms with Crippen LogP contribution in [0.3, 0.4) is 0 Å². The van der Waals surface area contributed by atoms with Gasteiger partial charge in [0.25, 0.3) is 0 Å². The molecule has 0 spiro atoms. The summed E-state index contributed by atoms with van der Waals surface area (Å²) in [6.07, 6.45) is 0. The van der Waals surface area contributed by atoms with Crippen molar-refractivity contribution in [2.75, 3.05) is 0 Å².